The summed E-state index contributed by atoms with van der Waals surface area (Å²) in [7, 11) is 0. The Balaban J connectivity index is 1.24. The van der Waals surface area contributed by atoms with Gasteiger partial charge in [-0.1, -0.05) is 29.7 Å². The quantitative estimate of drug-likeness (QED) is 0.537. The lowest BCUT2D eigenvalue weighted by atomic mass is 9.47. The molecule has 0 spiro atoms. The van der Waals surface area contributed by atoms with E-state index in [0.29, 0.717) is 31.3 Å². The Morgan fingerprint density at radius 1 is 1.19 bits per heavy atom. The monoisotopic (exact) mass is 427 g/mol. The number of aliphatic hydroxyl groups excluding tert-OH is 1. The molecule has 6 heteroatoms. The first-order valence-corrected chi connectivity index (χ1v) is 12.2. The van der Waals surface area contributed by atoms with Crippen LogP contribution < -0.4 is 5.73 Å². The van der Waals surface area contributed by atoms with Crippen molar-refractivity contribution in [2.45, 2.75) is 84.3 Å². The van der Waals surface area contributed by atoms with E-state index in [2.05, 4.69) is 30.2 Å². The molecule has 1 aromatic heterocycles. The highest BCUT2D eigenvalue weighted by Gasteiger charge is 2.58. The van der Waals surface area contributed by atoms with E-state index in [1.54, 1.807) is 5.57 Å². The van der Waals surface area contributed by atoms with Gasteiger partial charge in [-0.25, -0.2) is 0 Å². The molecule has 0 saturated heterocycles. The van der Waals surface area contributed by atoms with Gasteiger partial charge in [0, 0.05) is 12.5 Å². The predicted molar refractivity (Wildman–Crippen MR) is 119 cm³/mol. The molecule has 0 amide bonds. The van der Waals surface area contributed by atoms with E-state index in [-0.39, 0.29) is 16.9 Å². The molecule has 0 aliphatic heterocycles. The lowest BCUT2D eigenvalue weighted by Gasteiger charge is -2.57. The van der Waals surface area contributed by atoms with Crippen LogP contribution in [0.2, 0.25) is 0 Å². The molecule has 5 rings (SSSR count). The van der Waals surface area contributed by atoms with Gasteiger partial charge in [-0.05, 0) is 86.0 Å². The molecule has 3 fully saturated rings. The molecule has 0 bridgehead atoms. The van der Waals surface area contributed by atoms with E-state index in [4.69, 9.17) is 15.1 Å². The molecule has 3 saturated carbocycles. The summed E-state index contributed by atoms with van der Waals surface area (Å²) in [6, 6.07) is 1.88. The third kappa shape index (κ3) is 3.56. The number of allylic oxidation sites excluding steroid dienone is 2. The second kappa shape index (κ2) is 8.04. The minimum absolute atomic E-state index is 0.0930. The third-order valence-electron chi connectivity index (χ3n) is 9.37. The highest BCUT2D eigenvalue weighted by Crippen LogP contribution is 2.65. The molecule has 3 unspecified atom stereocenters. The number of hydrogen-bond acceptors (Lipinski definition) is 6. The zero-order valence-electron chi connectivity index (χ0n) is 19.0. The fourth-order valence-electron chi connectivity index (χ4n) is 7.46. The average molecular weight is 428 g/mol. The van der Waals surface area contributed by atoms with Gasteiger partial charge in [-0.2, -0.15) is 0 Å². The van der Waals surface area contributed by atoms with Gasteiger partial charge in [-0.3, -0.25) is 0 Å². The van der Waals surface area contributed by atoms with Crippen molar-refractivity contribution in [3.8, 4) is 0 Å². The molecule has 4 aliphatic rings. The molecule has 6 atom stereocenters. The molecule has 4 aliphatic carbocycles. The van der Waals surface area contributed by atoms with Gasteiger partial charge in [-0.15, -0.1) is 0 Å². The predicted octanol–water partition coefficient (Wildman–Crippen LogP) is 4.37. The number of hydrogen-bond donors (Lipinski definition) is 2. The number of oxime groups is 1. The molecule has 0 aromatic carbocycles. The first kappa shape index (κ1) is 21.2. The van der Waals surface area contributed by atoms with Gasteiger partial charge >= 0.3 is 0 Å². The maximum absolute atomic E-state index is 10.6. The topological polar surface area (TPSA) is 93.9 Å². The van der Waals surface area contributed by atoms with Crippen LogP contribution in [0.15, 0.2) is 27.4 Å². The summed E-state index contributed by atoms with van der Waals surface area (Å²) in [6.07, 6.45) is 12.1. The summed E-state index contributed by atoms with van der Waals surface area (Å²) in [4.78, 5) is 5.62. The van der Waals surface area contributed by atoms with E-state index in [1.807, 2.05) is 6.07 Å². The molecular formula is C25H37N3O3. The van der Waals surface area contributed by atoms with E-state index < -0.39 is 0 Å². The number of aliphatic hydroxyl groups is 1. The fraction of sp³-hybridized carbons (Fsp3) is 0.760. The average Bonchev–Trinajstić information content (AvgIpc) is 3.35. The maximum Gasteiger partial charge on any atom is 0.150 e. The molecule has 3 N–H and O–H groups in total. The van der Waals surface area contributed by atoms with Crippen molar-refractivity contribution in [2.75, 3.05) is 6.61 Å². The van der Waals surface area contributed by atoms with Crippen LogP contribution >= 0.6 is 0 Å². The maximum atomic E-state index is 10.6. The third-order valence-corrected chi connectivity index (χ3v) is 9.37. The Labute approximate surface area is 185 Å². The lowest BCUT2D eigenvalue weighted by Crippen LogP contribution is -2.51. The summed E-state index contributed by atoms with van der Waals surface area (Å²) in [5.41, 5.74) is 9.51. The van der Waals surface area contributed by atoms with Gasteiger partial charge in [0.15, 0.2) is 5.76 Å². The number of nitrogens with two attached hydrogens (primary N) is 1. The van der Waals surface area contributed by atoms with Crippen molar-refractivity contribution in [1.82, 2.24) is 5.16 Å². The highest BCUT2D eigenvalue weighted by atomic mass is 16.6. The van der Waals surface area contributed by atoms with E-state index in [9.17, 15) is 5.11 Å². The van der Waals surface area contributed by atoms with Gasteiger partial charge in [0.2, 0.25) is 0 Å². The van der Waals surface area contributed by atoms with Gasteiger partial charge in [0.05, 0.1) is 24.1 Å². The normalized spacial score (nSPS) is 40.8. The Hall–Kier alpha value is -1.66. The van der Waals surface area contributed by atoms with Crippen LogP contribution in [-0.2, 0) is 17.8 Å². The summed E-state index contributed by atoms with van der Waals surface area (Å²) >= 11 is 0. The Kier molecular flexibility index (Phi) is 5.50. The van der Waals surface area contributed by atoms with Crippen LogP contribution in [0.1, 0.15) is 76.7 Å². The van der Waals surface area contributed by atoms with Crippen molar-refractivity contribution in [3.05, 3.63) is 29.2 Å². The molecule has 170 valence electrons. The Bertz CT molecular complexity index is 877. The van der Waals surface area contributed by atoms with Crippen LogP contribution in [-0.4, -0.2) is 28.7 Å². The van der Waals surface area contributed by atoms with E-state index >= 15 is 0 Å². The van der Waals surface area contributed by atoms with Crippen LogP contribution in [0, 0.1) is 28.6 Å². The highest BCUT2D eigenvalue weighted by molar-refractivity contribution is 5.96. The molecular weight excluding hydrogens is 390 g/mol. The van der Waals surface area contributed by atoms with Crippen LogP contribution in [0.4, 0.5) is 0 Å². The minimum atomic E-state index is -0.0930. The Morgan fingerprint density at radius 2 is 2.06 bits per heavy atom. The first-order chi connectivity index (χ1) is 14.9. The number of fused-ring (bicyclic) bond motifs is 5. The largest absolute Gasteiger partial charge is 0.395 e. The summed E-state index contributed by atoms with van der Waals surface area (Å²) in [5.74, 6) is 2.92. The molecule has 31 heavy (non-hydrogen) atoms. The standard InChI is InChI=1S/C25H37N3O3/c1-24-10-7-17(27-30-12-9-18-14-19(15-26)31-28-18)13-16(24)3-4-20-21-5-6-23(29)25(21,2)11-8-22(20)24/h13-14,20-23,29H,3-12,15,26H2,1-2H3/t20?,21?,22?,23-,24-,25-/m0/s1. The number of nitrogens with zero attached hydrogens (tertiary/aromatic N) is 2. The lowest BCUT2D eigenvalue weighted by molar-refractivity contribution is -0.0722. The van der Waals surface area contributed by atoms with Crippen molar-refractivity contribution in [2.24, 2.45) is 39.5 Å². The van der Waals surface area contributed by atoms with Gasteiger partial charge in [0.25, 0.3) is 0 Å². The van der Waals surface area contributed by atoms with Gasteiger partial charge in [0.1, 0.15) is 6.61 Å². The summed E-state index contributed by atoms with van der Waals surface area (Å²) in [5, 5.41) is 19.1. The minimum Gasteiger partial charge on any atom is -0.395 e. The molecule has 0 radical (unpaired) electrons. The van der Waals surface area contributed by atoms with Crippen molar-refractivity contribution < 1.29 is 14.5 Å². The van der Waals surface area contributed by atoms with Gasteiger partial charge < -0.3 is 20.2 Å². The SMILES string of the molecule is C[C@]12CCC(=NOCCc3cc(CN)on3)C=C1CCC1C2CC[C@@]2(C)C1CC[C@@H]2O. The molecule has 6 nitrogen and oxygen atoms in total. The number of rotatable bonds is 5. The van der Waals surface area contributed by atoms with Crippen molar-refractivity contribution in [1.29, 1.82) is 0 Å². The molecule has 1 heterocycles. The van der Waals surface area contributed by atoms with Crippen LogP contribution in [0.5, 0.6) is 0 Å². The number of aromatic nitrogens is 1. The Morgan fingerprint density at radius 3 is 2.87 bits per heavy atom. The molecule has 1 aromatic rings. The summed E-state index contributed by atoms with van der Waals surface area (Å²) < 4.78 is 5.12. The van der Waals surface area contributed by atoms with E-state index in [1.165, 1.54) is 32.1 Å². The second-order valence-corrected chi connectivity index (χ2v) is 10.8. The fourth-order valence-corrected chi connectivity index (χ4v) is 7.46. The first-order valence-electron chi connectivity index (χ1n) is 12.2. The second-order valence-electron chi connectivity index (χ2n) is 10.8. The zero-order chi connectivity index (χ0) is 21.6. The van der Waals surface area contributed by atoms with Crippen LogP contribution in [0.25, 0.3) is 0 Å². The zero-order valence-corrected chi connectivity index (χ0v) is 19.0. The van der Waals surface area contributed by atoms with Crippen molar-refractivity contribution >= 4 is 5.71 Å². The summed E-state index contributed by atoms with van der Waals surface area (Å²) in [6.45, 7) is 5.72. The van der Waals surface area contributed by atoms with Crippen LogP contribution in [0.3, 0.4) is 0 Å². The van der Waals surface area contributed by atoms with E-state index in [0.717, 1.165) is 42.5 Å². The smallest absolute Gasteiger partial charge is 0.150 e. The van der Waals surface area contributed by atoms with Crippen molar-refractivity contribution in [3.63, 3.8) is 0 Å².